The fourth-order valence-electron chi connectivity index (χ4n) is 5.29. The molecule has 0 unspecified atom stereocenters. The Morgan fingerprint density at radius 3 is 2.31 bits per heavy atom. The molecule has 4 rings (SSSR count). The molecule has 1 aliphatic rings. The largest absolute Gasteiger partial charge is 0.465 e. The zero-order valence-corrected chi connectivity index (χ0v) is 27.7. The summed E-state index contributed by atoms with van der Waals surface area (Å²) in [5.41, 5.74) is -1.97. The van der Waals surface area contributed by atoms with Crippen molar-refractivity contribution < 1.29 is 54.9 Å². The van der Waals surface area contributed by atoms with E-state index in [0.717, 1.165) is 30.3 Å². The Morgan fingerprint density at radius 1 is 1.06 bits per heavy atom. The number of pyridine rings is 1. The number of esters is 1. The summed E-state index contributed by atoms with van der Waals surface area (Å²) in [6.07, 6.45) is -4.15. The van der Waals surface area contributed by atoms with Crippen LogP contribution in [0.25, 0.3) is 0 Å². The first-order valence-electron chi connectivity index (χ1n) is 14.5. The van der Waals surface area contributed by atoms with Gasteiger partial charge in [0.25, 0.3) is 11.8 Å². The first-order chi connectivity index (χ1) is 22.7. The lowest BCUT2D eigenvalue weighted by Crippen LogP contribution is -2.46. The monoisotopic (exact) mass is 747 g/mol. The van der Waals surface area contributed by atoms with Gasteiger partial charge in [-0.25, -0.2) is 22.9 Å². The predicted octanol–water partition coefficient (Wildman–Crippen LogP) is 7.12. The Hall–Kier alpha value is -3.73. The zero-order valence-electron chi connectivity index (χ0n) is 26.1. The van der Waals surface area contributed by atoms with Gasteiger partial charge >= 0.3 is 12.1 Å². The van der Waals surface area contributed by atoms with Crippen molar-refractivity contribution in [2.24, 2.45) is 0 Å². The predicted molar refractivity (Wildman–Crippen MR) is 165 cm³/mol. The number of hydrogen-bond donors (Lipinski definition) is 0. The molecule has 1 fully saturated rings. The molecular weight excluding hydrogens is 716 g/mol. The lowest BCUT2D eigenvalue weighted by atomic mass is 10.1. The maximum Gasteiger partial charge on any atom is 0.421 e. The fourth-order valence-corrected chi connectivity index (χ4v) is 5.55. The van der Waals surface area contributed by atoms with E-state index in [1.165, 1.54) is 31.3 Å². The van der Waals surface area contributed by atoms with E-state index in [1.54, 1.807) is 12.1 Å². The van der Waals surface area contributed by atoms with Crippen molar-refractivity contribution in [3.8, 4) is 11.6 Å². The highest BCUT2D eigenvalue weighted by atomic mass is 79.9. The van der Waals surface area contributed by atoms with E-state index in [2.05, 4.69) is 20.9 Å². The zero-order chi connectivity index (χ0) is 35.2. The fraction of sp³-hybridized carbons (Fsp3) is 0.406. The molecule has 1 aromatic heterocycles. The number of anilines is 1. The number of hydrogen-bond acceptors (Lipinski definition) is 8. The van der Waals surface area contributed by atoms with E-state index in [-0.39, 0.29) is 56.0 Å². The minimum absolute atomic E-state index is 0.0112. The van der Waals surface area contributed by atoms with E-state index in [4.69, 9.17) is 18.9 Å². The highest BCUT2D eigenvalue weighted by molar-refractivity contribution is 9.10. The summed E-state index contributed by atoms with van der Waals surface area (Å²) in [6, 6.07) is 7.54. The average Bonchev–Trinajstić information content (AvgIpc) is 3.02. The molecule has 16 heteroatoms. The molecule has 3 aromatic rings. The summed E-state index contributed by atoms with van der Waals surface area (Å²) in [7, 11) is 3.75. The molecule has 0 saturated carbocycles. The standard InChI is InChI=1S/C32H32BrF6N3O6/c1-45-16-22(17-46-2)42(29(43)20-5-7-21(33)8-6-20)26-13-25(34)27(12-23(26)30(44)47-3)48-28-24(32(37,38)39)11-19(14-40-28)15-41-10-4-9-31(35,36)18-41/h5-8,11-14,22H,4,9-10,15-18H2,1-3H3. The van der Waals surface area contributed by atoms with Crippen molar-refractivity contribution in [3.63, 3.8) is 0 Å². The van der Waals surface area contributed by atoms with E-state index < -0.39 is 65.1 Å². The minimum Gasteiger partial charge on any atom is -0.465 e. The van der Waals surface area contributed by atoms with Gasteiger partial charge in [-0.1, -0.05) is 15.9 Å². The average molecular weight is 749 g/mol. The number of amides is 1. The summed E-state index contributed by atoms with van der Waals surface area (Å²) in [5, 5.41) is 0. The summed E-state index contributed by atoms with van der Waals surface area (Å²) >= 11 is 3.29. The summed E-state index contributed by atoms with van der Waals surface area (Å²) in [4.78, 5) is 33.1. The van der Waals surface area contributed by atoms with Gasteiger partial charge in [0.15, 0.2) is 11.6 Å². The normalized spacial score (nSPS) is 15.0. The van der Waals surface area contributed by atoms with Gasteiger partial charge in [-0.15, -0.1) is 0 Å². The third kappa shape index (κ3) is 9.03. The number of methoxy groups -OCH3 is 3. The number of rotatable bonds is 12. The number of carbonyl (C=O) groups is 2. The first kappa shape index (κ1) is 37.1. The smallest absolute Gasteiger partial charge is 0.421 e. The lowest BCUT2D eigenvalue weighted by molar-refractivity contribution is -0.139. The molecule has 0 bridgehead atoms. The Balaban J connectivity index is 1.78. The van der Waals surface area contributed by atoms with Gasteiger partial charge in [0.1, 0.15) is 5.56 Å². The molecule has 2 aromatic carbocycles. The van der Waals surface area contributed by atoms with E-state index in [9.17, 15) is 31.5 Å². The maximum atomic E-state index is 15.8. The number of aromatic nitrogens is 1. The van der Waals surface area contributed by atoms with Gasteiger partial charge in [-0.2, -0.15) is 13.2 Å². The number of ether oxygens (including phenoxy) is 4. The number of likely N-dealkylation sites (tertiary alicyclic amines) is 1. The van der Waals surface area contributed by atoms with Crippen molar-refractivity contribution in [1.82, 2.24) is 9.88 Å². The van der Waals surface area contributed by atoms with Crippen molar-refractivity contribution in [3.05, 3.63) is 81.2 Å². The van der Waals surface area contributed by atoms with Crippen molar-refractivity contribution >= 4 is 33.5 Å². The number of piperidine rings is 1. The van der Waals surface area contributed by atoms with Crippen LogP contribution in [0.4, 0.5) is 32.0 Å². The van der Waals surface area contributed by atoms with Crippen LogP contribution in [-0.2, 0) is 26.9 Å². The molecule has 1 saturated heterocycles. The number of alkyl halides is 5. The third-order valence-corrected chi connectivity index (χ3v) is 7.93. The quantitative estimate of drug-likeness (QED) is 0.143. The number of carbonyl (C=O) groups excluding carboxylic acids is 2. The highest BCUT2D eigenvalue weighted by Crippen LogP contribution is 2.40. The van der Waals surface area contributed by atoms with Gasteiger partial charge in [0.05, 0.1) is 44.2 Å². The topological polar surface area (TPSA) is 90.4 Å². The molecule has 0 atom stereocenters. The molecule has 0 aliphatic carbocycles. The van der Waals surface area contributed by atoms with Gasteiger partial charge in [0, 0.05) is 55.6 Å². The molecule has 0 N–H and O–H groups in total. The molecule has 0 radical (unpaired) electrons. The summed E-state index contributed by atoms with van der Waals surface area (Å²) in [5.74, 6) is -7.82. The van der Waals surface area contributed by atoms with Crippen LogP contribution in [0.15, 0.2) is 53.1 Å². The van der Waals surface area contributed by atoms with Crippen LogP contribution >= 0.6 is 15.9 Å². The molecule has 48 heavy (non-hydrogen) atoms. The third-order valence-electron chi connectivity index (χ3n) is 7.41. The molecule has 0 spiro atoms. The lowest BCUT2D eigenvalue weighted by Gasteiger charge is -2.32. The second-order valence-electron chi connectivity index (χ2n) is 11.0. The van der Waals surface area contributed by atoms with Gasteiger partial charge in [0.2, 0.25) is 5.88 Å². The molecular formula is C32H32BrF6N3O6. The minimum atomic E-state index is -5.03. The van der Waals surface area contributed by atoms with Crippen LogP contribution in [0.2, 0.25) is 0 Å². The molecule has 260 valence electrons. The number of benzene rings is 2. The van der Waals surface area contributed by atoms with Gasteiger partial charge in [-0.3, -0.25) is 14.6 Å². The van der Waals surface area contributed by atoms with E-state index in [0.29, 0.717) is 10.5 Å². The van der Waals surface area contributed by atoms with Gasteiger partial charge < -0.3 is 18.9 Å². The van der Waals surface area contributed by atoms with E-state index in [1.807, 2.05) is 0 Å². The van der Waals surface area contributed by atoms with Crippen LogP contribution in [-0.4, -0.2) is 81.4 Å². The summed E-state index contributed by atoms with van der Waals surface area (Å²) < 4.78 is 108. The second-order valence-corrected chi connectivity index (χ2v) is 11.9. The number of halogens is 7. The van der Waals surface area contributed by atoms with Crippen LogP contribution in [0.5, 0.6) is 11.6 Å². The van der Waals surface area contributed by atoms with Crippen molar-refractivity contribution in [2.75, 3.05) is 52.5 Å². The first-order valence-corrected chi connectivity index (χ1v) is 15.3. The van der Waals surface area contributed by atoms with Crippen molar-refractivity contribution in [2.45, 2.75) is 37.5 Å². The SMILES string of the molecule is COCC(COC)N(C(=O)c1ccc(Br)cc1)c1cc(F)c(Oc2ncc(CN3CCCC(F)(F)C3)cc2C(F)(F)F)cc1C(=O)OC. The number of nitrogens with zero attached hydrogens (tertiary/aromatic N) is 3. The Bertz CT molecular complexity index is 1600. The Labute approximate surface area is 280 Å². The second kappa shape index (κ2) is 15.7. The van der Waals surface area contributed by atoms with Crippen LogP contribution in [0.3, 0.4) is 0 Å². The van der Waals surface area contributed by atoms with Crippen molar-refractivity contribution in [1.29, 1.82) is 0 Å². The molecule has 1 aliphatic heterocycles. The van der Waals surface area contributed by atoms with Crippen LogP contribution < -0.4 is 9.64 Å². The van der Waals surface area contributed by atoms with Crippen LogP contribution in [0, 0.1) is 5.82 Å². The summed E-state index contributed by atoms with van der Waals surface area (Å²) in [6.45, 7) is -0.807. The Morgan fingerprint density at radius 2 is 1.73 bits per heavy atom. The Kier molecular flexibility index (Phi) is 12.1. The van der Waals surface area contributed by atoms with Gasteiger partial charge in [-0.05, 0) is 48.9 Å². The van der Waals surface area contributed by atoms with E-state index >= 15 is 4.39 Å². The van der Waals surface area contributed by atoms with Crippen LogP contribution in [0.1, 0.15) is 44.7 Å². The highest BCUT2D eigenvalue weighted by Gasteiger charge is 2.38. The molecule has 1 amide bonds. The maximum absolute atomic E-state index is 15.8. The molecule has 2 heterocycles. The molecule has 9 nitrogen and oxygen atoms in total.